The summed E-state index contributed by atoms with van der Waals surface area (Å²) in [5, 5.41) is 11.3. The van der Waals surface area contributed by atoms with E-state index in [1.165, 1.54) is 0 Å². The van der Waals surface area contributed by atoms with Crippen LogP contribution >= 0.6 is 0 Å². The summed E-state index contributed by atoms with van der Waals surface area (Å²) in [4.78, 5) is 13.0. The summed E-state index contributed by atoms with van der Waals surface area (Å²) in [6, 6.07) is 15.4. The van der Waals surface area contributed by atoms with E-state index in [-0.39, 0.29) is 5.78 Å². The van der Waals surface area contributed by atoms with Crippen LogP contribution in [0.2, 0.25) is 0 Å². The van der Waals surface area contributed by atoms with E-state index in [0.29, 0.717) is 18.4 Å². The maximum atomic E-state index is 13.0. The first kappa shape index (κ1) is 15.5. The van der Waals surface area contributed by atoms with E-state index in [1.807, 2.05) is 49.4 Å². The van der Waals surface area contributed by atoms with Crippen LogP contribution in [0.5, 0.6) is 0 Å². The van der Waals surface area contributed by atoms with E-state index < -0.39 is 11.5 Å². The zero-order valence-electron chi connectivity index (χ0n) is 13.3. The number of ketones is 1. The standard InChI is InChI=1S/C21H20O2/c1-3-6-19(17-11-9-15(2)10-12-17)21(23)14-13-16-7-4-5-8-18(16)20(21)22/h4-12,19,23H,1,13-14H2,2H3/t19-,21-/m1/s1. The Morgan fingerprint density at radius 1 is 1.22 bits per heavy atom. The summed E-state index contributed by atoms with van der Waals surface area (Å²) < 4.78 is 0. The minimum atomic E-state index is -1.45. The highest BCUT2D eigenvalue weighted by Crippen LogP contribution is 2.40. The summed E-state index contributed by atoms with van der Waals surface area (Å²) in [6.07, 6.45) is 2.79. The van der Waals surface area contributed by atoms with Crippen LogP contribution in [0.3, 0.4) is 0 Å². The molecule has 2 aromatic rings. The fourth-order valence-corrected chi connectivity index (χ4v) is 3.33. The van der Waals surface area contributed by atoms with Gasteiger partial charge in [0.15, 0.2) is 5.78 Å². The number of carbonyl (C=O) groups excluding carboxylic acids is 1. The third-order valence-corrected chi connectivity index (χ3v) is 4.67. The van der Waals surface area contributed by atoms with Crippen LogP contribution in [0.15, 0.2) is 66.9 Å². The molecule has 1 aliphatic carbocycles. The Morgan fingerprint density at radius 3 is 2.61 bits per heavy atom. The van der Waals surface area contributed by atoms with Crippen molar-refractivity contribution in [3.05, 3.63) is 89.2 Å². The van der Waals surface area contributed by atoms with Gasteiger partial charge in [0.25, 0.3) is 0 Å². The van der Waals surface area contributed by atoms with Gasteiger partial charge >= 0.3 is 0 Å². The average molecular weight is 304 g/mol. The second-order valence-electron chi connectivity index (χ2n) is 6.17. The maximum absolute atomic E-state index is 13.0. The number of benzene rings is 2. The molecule has 2 nitrogen and oxygen atoms in total. The first-order valence-electron chi connectivity index (χ1n) is 7.84. The molecule has 0 spiro atoms. The predicted molar refractivity (Wildman–Crippen MR) is 91.7 cm³/mol. The van der Waals surface area contributed by atoms with E-state index in [1.54, 1.807) is 12.1 Å². The van der Waals surface area contributed by atoms with Crippen LogP contribution in [-0.2, 0) is 6.42 Å². The lowest BCUT2D eigenvalue weighted by Crippen LogP contribution is -2.47. The average Bonchev–Trinajstić information content (AvgIpc) is 2.57. The monoisotopic (exact) mass is 304 g/mol. The Bertz CT molecular complexity index is 782. The molecule has 0 unspecified atom stereocenters. The Hall–Kier alpha value is -2.41. The molecule has 116 valence electrons. The quantitative estimate of drug-likeness (QED) is 0.871. The topological polar surface area (TPSA) is 37.3 Å². The van der Waals surface area contributed by atoms with Gasteiger partial charge in [-0.05, 0) is 37.0 Å². The van der Waals surface area contributed by atoms with Gasteiger partial charge in [0.2, 0.25) is 0 Å². The number of aliphatic hydroxyl groups is 1. The molecule has 0 amide bonds. The minimum Gasteiger partial charge on any atom is -0.381 e. The largest absolute Gasteiger partial charge is 0.381 e. The van der Waals surface area contributed by atoms with Crippen molar-refractivity contribution in [2.24, 2.45) is 0 Å². The molecule has 3 rings (SSSR count). The third kappa shape index (κ3) is 2.68. The minimum absolute atomic E-state index is 0.212. The Kier molecular flexibility index (Phi) is 4.04. The fourth-order valence-electron chi connectivity index (χ4n) is 3.33. The molecular formula is C21H20O2. The number of hydrogen-bond acceptors (Lipinski definition) is 2. The van der Waals surface area contributed by atoms with Crippen molar-refractivity contribution in [3.8, 4) is 0 Å². The molecule has 0 bridgehead atoms. The second-order valence-corrected chi connectivity index (χ2v) is 6.17. The highest BCUT2D eigenvalue weighted by atomic mass is 16.3. The molecule has 0 aromatic heterocycles. The van der Waals surface area contributed by atoms with Crippen LogP contribution in [0.25, 0.3) is 0 Å². The van der Waals surface area contributed by atoms with Gasteiger partial charge in [0, 0.05) is 11.5 Å². The lowest BCUT2D eigenvalue weighted by molar-refractivity contribution is 0.0166. The van der Waals surface area contributed by atoms with E-state index in [4.69, 9.17) is 0 Å². The molecule has 23 heavy (non-hydrogen) atoms. The Morgan fingerprint density at radius 2 is 1.91 bits per heavy atom. The molecule has 2 aromatic carbocycles. The normalized spacial score (nSPS) is 21.2. The van der Waals surface area contributed by atoms with Gasteiger partial charge in [0.05, 0.1) is 0 Å². The Balaban J connectivity index is 2.07. The highest BCUT2D eigenvalue weighted by molar-refractivity contribution is 6.05. The van der Waals surface area contributed by atoms with Crippen LogP contribution in [0, 0.1) is 6.92 Å². The first-order valence-corrected chi connectivity index (χ1v) is 7.84. The van der Waals surface area contributed by atoms with Crippen LogP contribution in [0.4, 0.5) is 0 Å². The summed E-state index contributed by atoms with van der Waals surface area (Å²) in [5.41, 5.74) is 4.98. The van der Waals surface area contributed by atoms with Crippen molar-refractivity contribution in [1.82, 2.24) is 0 Å². The van der Waals surface area contributed by atoms with Crippen molar-refractivity contribution in [2.45, 2.75) is 31.3 Å². The maximum Gasteiger partial charge on any atom is 0.195 e. The van der Waals surface area contributed by atoms with Crippen molar-refractivity contribution < 1.29 is 9.90 Å². The summed E-state index contributed by atoms with van der Waals surface area (Å²) in [6.45, 7) is 5.65. The predicted octanol–water partition coefficient (Wildman–Crippen LogP) is 3.98. The number of Topliss-reactive ketones (excluding diaryl/α,β-unsaturated/α-hetero) is 1. The van der Waals surface area contributed by atoms with Crippen LogP contribution in [0.1, 0.15) is 39.4 Å². The highest BCUT2D eigenvalue weighted by Gasteiger charge is 2.46. The molecule has 2 atom stereocenters. The second kappa shape index (κ2) is 6.00. The van der Waals surface area contributed by atoms with Gasteiger partial charge in [-0.3, -0.25) is 4.79 Å². The van der Waals surface area contributed by atoms with Gasteiger partial charge in [-0.25, -0.2) is 0 Å². The molecule has 0 saturated heterocycles. The third-order valence-electron chi connectivity index (χ3n) is 4.67. The SMILES string of the molecule is C=C=C[C@H](c1ccc(C)cc1)[C@]1(O)CCc2ccccc2C1=O. The molecule has 0 heterocycles. The van der Waals surface area contributed by atoms with Gasteiger partial charge in [-0.1, -0.05) is 60.7 Å². The molecule has 0 aliphatic heterocycles. The molecule has 0 radical (unpaired) electrons. The fraction of sp³-hybridized carbons (Fsp3) is 0.238. The molecule has 0 saturated carbocycles. The molecular weight excluding hydrogens is 284 g/mol. The summed E-state index contributed by atoms with van der Waals surface area (Å²) in [5.74, 6) is -0.655. The summed E-state index contributed by atoms with van der Waals surface area (Å²) >= 11 is 0. The summed E-state index contributed by atoms with van der Waals surface area (Å²) in [7, 11) is 0. The smallest absolute Gasteiger partial charge is 0.195 e. The van der Waals surface area contributed by atoms with Crippen molar-refractivity contribution >= 4 is 5.78 Å². The number of rotatable bonds is 3. The lowest BCUT2D eigenvalue weighted by Gasteiger charge is -2.37. The number of carbonyl (C=O) groups is 1. The number of hydrogen-bond donors (Lipinski definition) is 1. The number of aryl methyl sites for hydroxylation is 2. The van der Waals surface area contributed by atoms with Gasteiger partial charge in [-0.2, -0.15) is 0 Å². The lowest BCUT2D eigenvalue weighted by atomic mass is 9.70. The van der Waals surface area contributed by atoms with E-state index in [9.17, 15) is 9.90 Å². The van der Waals surface area contributed by atoms with Gasteiger partial charge in [-0.15, -0.1) is 5.73 Å². The molecule has 2 heteroatoms. The number of fused-ring (bicyclic) bond motifs is 1. The molecule has 1 N–H and O–H groups in total. The van der Waals surface area contributed by atoms with Gasteiger partial charge in [0.1, 0.15) is 5.60 Å². The van der Waals surface area contributed by atoms with E-state index in [0.717, 1.165) is 16.7 Å². The van der Waals surface area contributed by atoms with Crippen LogP contribution < -0.4 is 0 Å². The van der Waals surface area contributed by atoms with E-state index >= 15 is 0 Å². The van der Waals surface area contributed by atoms with Gasteiger partial charge < -0.3 is 5.11 Å². The zero-order valence-corrected chi connectivity index (χ0v) is 13.3. The first-order chi connectivity index (χ1) is 11.1. The van der Waals surface area contributed by atoms with Crippen LogP contribution in [-0.4, -0.2) is 16.5 Å². The Labute approximate surface area is 136 Å². The van der Waals surface area contributed by atoms with Crippen molar-refractivity contribution in [2.75, 3.05) is 0 Å². The zero-order chi connectivity index (χ0) is 16.4. The van der Waals surface area contributed by atoms with Crippen molar-refractivity contribution in [1.29, 1.82) is 0 Å². The van der Waals surface area contributed by atoms with Crippen molar-refractivity contribution in [3.63, 3.8) is 0 Å². The molecule has 0 fully saturated rings. The molecule has 1 aliphatic rings. The van der Waals surface area contributed by atoms with E-state index in [2.05, 4.69) is 12.3 Å².